The Hall–Kier alpha value is -3.27. The molecule has 1 amide bonds. The van der Waals surface area contributed by atoms with E-state index in [-0.39, 0.29) is 23.3 Å². The molecule has 0 unspecified atom stereocenters. The number of nitrogens with zero attached hydrogens (tertiary/aromatic N) is 1. The van der Waals surface area contributed by atoms with Crippen LogP contribution in [0.15, 0.2) is 65.6 Å². The number of carbonyl (C=O) groups is 2. The summed E-state index contributed by atoms with van der Waals surface area (Å²) in [5, 5.41) is 13.0. The van der Waals surface area contributed by atoms with Crippen LogP contribution in [-0.4, -0.2) is 56.0 Å². The highest BCUT2D eigenvalue weighted by Crippen LogP contribution is 2.30. The molecule has 1 fully saturated rings. The van der Waals surface area contributed by atoms with Crippen LogP contribution in [0.2, 0.25) is 0 Å². The Bertz CT molecular complexity index is 1350. The molecule has 4 rings (SSSR count). The zero-order valence-electron chi connectivity index (χ0n) is 19.5. The lowest BCUT2D eigenvalue weighted by molar-refractivity contribution is -0.137. The Balaban J connectivity index is 1.52. The minimum atomic E-state index is -3.81. The van der Waals surface area contributed by atoms with E-state index in [0.29, 0.717) is 54.5 Å². The molecule has 1 aliphatic heterocycles. The summed E-state index contributed by atoms with van der Waals surface area (Å²) in [4.78, 5) is 25.8. The van der Waals surface area contributed by atoms with Crippen molar-refractivity contribution in [3.63, 3.8) is 0 Å². The van der Waals surface area contributed by atoms with Gasteiger partial charge in [0.1, 0.15) is 0 Å². The number of piperidine rings is 1. The number of carboxylic acid groups (broad SMARTS) is 1. The van der Waals surface area contributed by atoms with Gasteiger partial charge in [-0.05, 0) is 56.6 Å². The zero-order chi connectivity index (χ0) is 25.0. The highest BCUT2D eigenvalue weighted by atomic mass is 32.2. The van der Waals surface area contributed by atoms with E-state index in [4.69, 9.17) is 5.11 Å². The molecular weight excluding hydrogens is 466 g/mol. The number of fused-ring (bicyclic) bond motifs is 1. The van der Waals surface area contributed by atoms with Crippen molar-refractivity contribution in [2.75, 3.05) is 25.0 Å². The molecule has 8 nitrogen and oxygen atoms in total. The summed E-state index contributed by atoms with van der Waals surface area (Å²) in [6.07, 6.45) is 1.30. The van der Waals surface area contributed by atoms with Gasteiger partial charge in [0.15, 0.2) is 0 Å². The lowest BCUT2D eigenvalue weighted by atomic mass is 10.1. The fourth-order valence-electron chi connectivity index (χ4n) is 4.45. The number of hydrogen-bond donors (Lipinski definition) is 3. The molecule has 1 aliphatic rings. The Labute approximate surface area is 205 Å². The number of sulfonamides is 1. The number of hydrogen-bond acceptors (Lipinski definition) is 5. The van der Waals surface area contributed by atoms with Gasteiger partial charge in [-0.1, -0.05) is 42.5 Å². The predicted molar refractivity (Wildman–Crippen MR) is 135 cm³/mol. The number of anilines is 1. The normalized spacial score (nSPS) is 15.2. The van der Waals surface area contributed by atoms with Crippen molar-refractivity contribution in [2.45, 2.75) is 37.1 Å². The quantitative estimate of drug-likeness (QED) is 0.440. The molecule has 1 saturated heterocycles. The minimum absolute atomic E-state index is 0.0785. The summed E-state index contributed by atoms with van der Waals surface area (Å²) >= 11 is 0. The monoisotopic (exact) mass is 495 g/mol. The Morgan fingerprint density at radius 2 is 1.66 bits per heavy atom. The maximum Gasteiger partial charge on any atom is 0.304 e. The van der Waals surface area contributed by atoms with Crippen molar-refractivity contribution in [3.8, 4) is 0 Å². The van der Waals surface area contributed by atoms with Crippen LogP contribution in [0.4, 0.5) is 5.69 Å². The summed E-state index contributed by atoms with van der Waals surface area (Å²) in [5.74, 6) is -1.09. The third kappa shape index (κ3) is 5.87. The SMILES string of the molecule is Cc1ccccc1C(=O)Nc1cccc2c(S(=O)(=O)NC3CCN(CCC(=O)O)CC3)cccc12. The number of likely N-dealkylation sites (tertiary alicyclic amines) is 1. The third-order valence-corrected chi connectivity index (χ3v) is 7.94. The first-order valence-electron chi connectivity index (χ1n) is 11.6. The molecule has 0 aromatic heterocycles. The Kier molecular flexibility index (Phi) is 7.49. The molecular formula is C26H29N3O5S. The topological polar surface area (TPSA) is 116 Å². The van der Waals surface area contributed by atoms with Crippen LogP contribution in [0, 0.1) is 6.92 Å². The molecule has 0 spiro atoms. The van der Waals surface area contributed by atoms with Crippen molar-refractivity contribution < 1.29 is 23.1 Å². The summed E-state index contributed by atoms with van der Waals surface area (Å²) < 4.78 is 29.5. The van der Waals surface area contributed by atoms with E-state index in [2.05, 4.69) is 10.0 Å². The largest absolute Gasteiger partial charge is 0.481 e. The van der Waals surface area contributed by atoms with Gasteiger partial charge in [0, 0.05) is 34.6 Å². The van der Waals surface area contributed by atoms with E-state index >= 15 is 0 Å². The molecule has 0 atom stereocenters. The molecule has 3 aromatic rings. The molecule has 184 valence electrons. The molecule has 0 bridgehead atoms. The van der Waals surface area contributed by atoms with Crippen molar-refractivity contribution in [1.29, 1.82) is 0 Å². The first-order chi connectivity index (χ1) is 16.7. The molecule has 3 N–H and O–H groups in total. The van der Waals surface area contributed by atoms with Crippen LogP contribution in [0.5, 0.6) is 0 Å². The Morgan fingerprint density at radius 1 is 0.971 bits per heavy atom. The number of carbonyl (C=O) groups excluding carboxylic acids is 1. The van der Waals surface area contributed by atoms with Gasteiger partial charge in [0.25, 0.3) is 5.91 Å². The van der Waals surface area contributed by atoms with Gasteiger partial charge in [0.05, 0.1) is 11.3 Å². The van der Waals surface area contributed by atoms with Crippen molar-refractivity contribution in [1.82, 2.24) is 9.62 Å². The molecule has 1 heterocycles. The van der Waals surface area contributed by atoms with Crippen LogP contribution in [0.25, 0.3) is 10.8 Å². The van der Waals surface area contributed by atoms with E-state index < -0.39 is 16.0 Å². The fraction of sp³-hybridized carbons (Fsp3) is 0.308. The molecule has 3 aromatic carbocycles. The molecule has 0 radical (unpaired) electrons. The van der Waals surface area contributed by atoms with Crippen LogP contribution in [-0.2, 0) is 14.8 Å². The van der Waals surface area contributed by atoms with E-state index in [9.17, 15) is 18.0 Å². The van der Waals surface area contributed by atoms with Gasteiger partial charge in [-0.3, -0.25) is 9.59 Å². The van der Waals surface area contributed by atoms with Crippen molar-refractivity contribution >= 4 is 38.4 Å². The van der Waals surface area contributed by atoms with E-state index in [1.165, 1.54) is 0 Å². The minimum Gasteiger partial charge on any atom is -0.481 e. The number of aryl methyl sites for hydroxylation is 1. The van der Waals surface area contributed by atoms with Gasteiger partial charge in [0.2, 0.25) is 10.0 Å². The summed E-state index contributed by atoms with van der Waals surface area (Å²) in [6.45, 7) is 3.62. The maximum atomic E-state index is 13.3. The molecule has 0 saturated carbocycles. The molecule has 35 heavy (non-hydrogen) atoms. The van der Waals surface area contributed by atoms with Crippen LogP contribution >= 0.6 is 0 Å². The van der Waals surface area contributed by atoms with Crippen LogP contribution in [0.3, 0.4) is 0 Å². The lowest BCUT2D eigenvalue weighted by Crippen LogP contribution is -2.45. The van der Waals surface area contributed by atoms with E-state index in [1.807, 2.05) is 24.0 Å². The summed E-state index contributed by atoms with van der Waals surface area (Å²) in [6, 6.07) is 17.3. The van der Waals surface area contributed by atoms with E-state index in [1.54, 1.807) is 48.5 Å². The Morgan fingerprint density at radius 3 is 2.37 bits per heavy atom. The van der Waals surface area contributed by atoms with Crippen molar-refractivity contribution in [3.05, 3.63) is 71.8 Å². The average molecular weight is 496 g/mol. The highest BCUT2D eigenvalue weighted by molar-refractivity contribution is 7.89. The van der Waals surface area contributed by atoms with Gasteiger partial charge in [-0.2, -0.15) is 0 Å². The van der Waals surface area contributed by atoms with Gasteiger partial charge in [-0.25, -0.2) is 13.1 Å². The second-order valence-electron chi connectivity index (χ2n) is 8.81. The third-order valence-electron chi connectivity index (χ3n) is 6.36. The number of amides is 1. The number of rotatable bonds is 8. The smallest absolute Gasteiger partial charge is 0.304 e. The summed E-state index contributed by atoms with van der Waals surface area (Å²) in [5.41, 5.74) is 1.95. The number of benzene rings is 3. The van der Waals surface area contributed by atoms with Crippen LogP contribution < -0.4 is 10.0 Å². The van der Waals surface area contributed by atoms with Gasteiger partial charge in [-0.15, -0.1) is 0 Å². The summed E-state index contributed by atoms with van der Waals surface area (Å²) in [7, 11) is -3.81. The first kappa shape index (κ1) is 24.8. The van der Waals surface area contributed by atoms with Crippen LogP contribution in [0.1, 0.15) is 35.2 Å². The molecule has 0 aliphatic carbocycles. The first-order valence-corrected chi connectivity index (χ1v) is 13.1. The number of aliphatic carboxylic acids is 1. The number of nitrogens with one attached hydrogen (secondary N) is 2. The number of carboxylic acids is 1. The average Bonchev–Trinajstić information content (AvgIpc) is 2.83. The molecule has 9 heteroatoms. The van der Waals surface area contributed by atoms with Gasteiger partial charge >= 0.3 is 5.97 Å². The second kappa shape index (κ2) is 10.6. The van der Waals surface area contributed by atoms with Crippen molar-refractivity contribution in [2.24, 2.45) is 0 Å². The van der Waals surface area contributed by atoms with Gasteiger partial charge < -0.3 is 15.3 Å². The predicted octanol–water partition coefficient (Wildman–Crippen LogP) is 3.62. The standard InChI is InChI=1S/C26H29N3O5S/c1-18-6-2-3-7-20(18)26(32)27-23-10-4-9-22-21(23)8-5-11-24(22)35(33,34)28-19-12-15-29(16-13-19)17-14-25(30)31/h2-11,19,28H,12-17H2,1H3,(H,27,32)(H,30,31). The highest BCUT2D eigenvalue weighted by Gasteiger charge is 2.26. The maximum absolute atomic E-state index is 13.3. The second-order valence-corrected chi connectivity index (χ2v) is 10.5. The van der Waals surface area contributed by atoms with E-state index in [0.717, 1.165) is 5.56 Å². The zero-order valence-corrected chi connectivity index (χ0v) is 20.3. The lowest BCUT2D eigenvalue weighted by Gasteiger charge is -2.31. The fourth-order valence-corrected chi connectivity index (χ4v) is 5.98.